The molecule has 4 heteroatoms. The largest absolute Gasteiger partial charge is 0.491 e. The van der Waals surface area contributed by atoms with Gasteiger partial charge < -0.3 is 10.5 Å². The topological polar surface area (TPSA) is 59.0 Å². The molecule has 0 radical (unpaired) electrons. The molecule has 0 saturated heterocycles. The van der Waals surface area contributed by atoms with Crippen molar-refractivity contribution in [3.63, 3.8) is 0 Å². The van der Waals surface area contributed by atoms with E-state index in [-0.39, 0.29) is 18.6 Å². The van der Waals surface area contributed by atoms with Crippen molar-refractivity contribution in [3.8, 4) is 11.8 Å². The Hall–Kier alpha value is -2.38. The first kappa shape index (κ1) is 17.0. The van der Waals surface area contributed by atoms with E-state index in [1.54, 1.807) is 6.07 Å². The van der Waals surface area contributed by atoms with Gasteiger partial charge in [0, 0.05) is 12.0 Å². The fourth-order valence-electron chi connectivity index (χ4n) is 2.58. The van der Waals surface area contributed by atoms with Crippen LogP contribution in [0.1, 0.15) is 29.5 Å². The molecule has 0 bridgehead atoms. The summed E-state index contributed by atoms with van der Waals surface area (Å²) in [6.07, 6.45) is 0.774. The molecule has 0 fully saturated rings. The highest BCUT2D eigenvalue weighted by atomic mass is 19.1. The highest BCUT2D eigenvalue weighted by Gasteiger charge is 2.17. The Labute approximate surface area is 136 Å². The van der Waals surface area contributed by atoms with Gasteiger partial charge in [-0.15, -0.1) is 0 Å². The van der Waals surface area contributed by atoms with Crippen LogP contribution < -0.4 is 10.5 Å². The van der Waals surface area contributed by atoms with Crippen LogP contribution in [0.4, 0.5) is 4.39 Å². The molecule has 2 atom stereocenters. The van der Waals surface area contributed by atoms with E-state index in [0.717, 1.165) is 17.5 Å². The molecule has 0 aromatic heterocycles. The monoisotopic (exact) mass is 312 g/mol. The highest BCUT2D eigenvalue weighted by Crippen LogP contribution is 2.25. The molecule has 0 unspecified atom stereocenters. The summed E-state index contributed by atoms with van der Waals surface area (Å²) >= 11 is 0. The zero-order chi connectivity index (χ0) is 16.7. The Morgan fingerprint density at radius 1 is 1.22 bits per heavy atom. The van der Waals surface area contributed by atoms with Gasteiger partial charge in [0.1, 0.15) is 19.0 Å². The maximum atomic E-state index is 12.1. The standard InChI is InChI=1S/C19H21FN2O/c1-14(22)19(17-4-2-3-16(11-17)13-21)12-15-5-7-18(8-6-15)23-10-9-20/h2-8,11,14,19H,9-10,12,22H2,1H3/t14-,19+/m0/s1. The molecule has 0 aliphatic rings. The minimum Gasteiger partial charge on any atom is -0.491 e. The second-order valence-corrected chi connectivity index (χ2v) is 5.59. The van der Waals surface area contributed by atoms with E-state index >= 15 is 0 Å². The van der Waals surface area contributed by atoms with Gasteiger partial charge in [0.2, 0.25) is 0 Å². The van der Waals surface area contributed by atoms with Gasteiger partial charge in [-0.1, -0.05) is 24.3 Å². The number of halogens is 1. The van der Waals surface area contributed by atoms with Gasteiger partial charge in [-0.2, -0.15) is 5.26 Å². The quantitative estimate of drug-likeness (QED) is 0.850. The number of hydrogen-bond donors (Lipinski definition) is 1. The van der Waals surface area contributed by atoms with Crippen molar-refractivity contribution in [2.75, 3.05) is 13.3 Å². The smallest absolute Gasteiger partial charge is 0.123 e. The minimum absolute atomic E-state index is 0.0357. The van der Waals surface area contributed by atoms with Crippen LogP contribution in [0.2, 0.25) is 0 Å². The second kappa shape index (κ2) is 8.30. The van der Waals surface area contributed by atoms with Crippen LogP contribution in [0.25, 0.3) is 0 Å². The van der Waals surface area contributed by atoms with Crippen molar-refractivity contribution in [2.24, 2.45) is 5.73 Å². The molecule has 0 aliphatic heterocycles. The van der Waals surface area contributed by atoms with Crippen molar-refractivity contribution < 1.29 is 9.13 Å². The molecule has 0 aliphatic carbocycles. The number of nitriles is 1. The summed E-state index contributed by atoms with van der Waals surface area (Å²) < 4.78 is 17.3. The molecular formula is C19H21FN2O. The number of benzene rings is 2. The summed E-state index contributed by atoms with van der Waals surface area (Å²) in [5.41, 5.74) is 8.99. The first-order valence-corrected chi connectivity index (χ1v) is 7.67. The lowest BCUT2D eigenvalue weighted by molar-refractivity contribution is 0.273. The molecule has 2 rings (SSSR count). The first-order chi connectivity index (χ1) is 11.1. The normalized spacial score (nSPS) is 13.1. The molecule has 3 nitrogen and oxygen atoms in total. The molecule has 2 aromatic carbocycles. The Bertz CT molecular complexity index is 662. The van der Waals surface area contributed by atoms with E-state index in [9.17, 15) is 4.39 Å². The van der Waals surface area contributed by atoms with Gasteiger partial charge in [0.15, 0.2) is 0 Å². The van der Waals surface area contributed by atoms with Crippen molar-refractivity contribution in [1.29, 1.82) is 5.26 Å². The van der Waals surface area contributed by atoms with Crippen LogP contribution >= 0.6 is 0 Å². The summed E-state index contributed by atoms with van der Waals surface area (Å²) in [5.74, 6) is 0.788. The summed E-state index contributed by atoms with van der Waals surface area (Å²) in [4.78, 5) is 0. The summed E-state index contributed by atoms with van der Waals surface area (Å²) in [7, 11) is 0. The number of hydrogen-bond acceptors (Lipinski definition) is 3. The Morgan fingerprint density at radius 3 is 2.57 bits per heavy atom. The minimum atomic E-state index is -0.496. The Morgan fingerprint density at radius 2 is 1.96 bits per heavy atom. The summed E-state index contributed by atoms with van der Waals surface area (Å²) in [5, 5.41) is 9.05. The van der Waals surface area contributed by atoms with Gasteiger partial charge in [0.05, 0.1) is 11.6 Å². The first-order valence-electron chi connectivity index (χ1n) is 7.67. The van der Waals surface area contributed by atoms with Crippen LogP contribution in [-0.2, 0) is 6.42 Å². The van der Waals surface area contributed by atoms with Crippen molar-refractivity contribution >= 4 is 0 Å². The second-order valence-electron chi connectivity index (χ2n) is 5.59. The number of alkyl halides is 1. The van der Waals surface area contributed by atoms with E-state index in [1.165, 1.54) is 0 Å². The maximum absolute atomic E-state index is 12.1. The zero-order valence-corrected chi connectivity index (χ0v) is 13.2. The Kier molecular flexibility index (Phi) is 6.13. The van der Waals surface area contributed by atoms with E-state index in [2.05, 4.69) is 6.07 Å². The van der Waals surface area contributed by atoms with Crippen LogP contribution in [0, 0.1) is 11.3 Å². The molecule has 0 heterocycles. The third-order valence-corrected chi connectivity index (χ3v) is 3.80. The molecule has 2 N–H and O–H groups in total. The molecular weight excluding hydrogens is 291 g/mol. The van der Waals surface area contributed by atoms with Gasteiger partial charge in [0.25, 0.3) is 0 Å². The predicted octanol–water partition coefficient (Wildman–Crippen LogP) is 3.58. The van der Waals surface area contributed by atoms with Crippen molar-refractivity contribution in [1.82, 2.24) is 0 Å². The summed E-state index contributed by atoms with van der Waals surface area (Å²) in [6.45, 7) is 1.55. The van der Waals surface area contributed by atoms with Crippen LogP contribution in [0.3, 0.4) is 0 Å². The summed E-state index contributed by atoms with van der Waals surface area (Å²) in [6, 6.07) is 17.3. The number of ether oxygens (including phenoxy) is 1. The average molecular weight is 312 g/mol. The van der Waals surface area contributed by atoms with E-state index in [1.807, 2.05) is 49.4 Å². The van der Waals surface area contributed by atoms with E-state index in [4.69, 9.17) is 15.7 Å². The van der Waals surface area contributed by atoms with Crippen LogP contribution in [0.15, 0.2) is 48.5 Å². The number of nitrogens with two attached hydrogens (primary N) is 1. The zero-order valence-electron chi connectivity index (χ0n) is 13.2. The van der Waals surface area contributed by atoms with Gasteiger partial charge in [-0.05, 0) is 48.7 Å². The fourth-order valence-corrected chi connectivity index (χ4v) is 2.58. The van der Waals surface area contributed by atoms with Crippen LogP contribution in [-0.4, -0.2) is 19.3 Å². The molecule has 0 spiro atoms. The van der Waals surface area contributed by atoms with E-state index in [0.29, 0.717) is 11.3 Å². The lowest BCUT2D eigenvalue weighted by Gasteiger charge is -2.22. The van der Waals surface area contributed by atoms with Crippen LogP contribution in [0.5, 0.6) is 5.75 Å². The van der Waals surface area contributed by atoms with Gasteiger partial charge in [-0.25, -0.2) is 4.39 Å². The fraction of sp³-hybridized carbons (Fsp3) is 0.316. The lowest BCUT2D eigenvalue weighted by atomic mass is 9.86. The molecule has 2 aromatic rings. The molecule has 0 amide bonds. The lowest BCUT2D eigenvalue weighted by Crippen LogP contribution is -2.26. The van der Waals surface area contributed by atoms with Gasteiger partial charge in [-0.3, -0.25) is 0 Å². The predicted molar refractivity (Wildman–Crippen MR) is 89.2 cm³/mol. The average Bonchev–Trinajstić information content (AvgIpc) is 2.58. The van der Waals surface area contributed by atoms with Gasteiger partial charge >= 0.3 is 0 Å². The highest BCUT2D eigenvalue weighted by molar-refractivity contribution is 5.36. The maximum Gasteiger partial charge on any atom is 0.123 e. The molecule has 0 saturated carbocycles. The van der Waals surface area contributed by atoms with Crippen molar-refractivity contribution in [2.45, 2.75) is 25.3 Å². The molecule has 23 heavy (non-hydrogen) atoms. The third kappa shape index (κ3) is 4.80. The third-order valence-electron chi connectivity index (χ3n) is 3.80. The van der Waals surface area contributed by atoms with Crippen molar-refractivity contribution in [3.05, 3.63) is 65.2 Å². The number of nitrogens with zero attached hydrogens (tertiary/aromatic N) is 1. The number of rotatable bonds is 7. The molecule has 120 valence electrons. The SMILES string of the molecule is C[C@H](N)[C@@H](Cc1ccc(OCCF)cc1)c1cccc(C#N)c1. The Balaban J connectivity index is 2.14. The van der Waals surface area contributed by atoms with E-state index < -0.39 is 6.67 Å².